The van der Waals surface area contributed by atoms with Crippen molar-refractivity contribution in [3.05, 3.63) is 35.0 Å². The molecule has 0 saturated heterocycles. The van der Waals surface area contributed by atoms with E-state index < -0.39 is 10.0 Å². The Bertz CT molecular complexity index is 824. The second-order valence-electron chi connectivity index (χ2n) is 4.92. The highest BCUT2D eigenvalue weighted by Gasteiger charge is 2.20. The minimum atomic E-state index is -3.36. The van der Waals surface area contributed by atoms with E-state index >= 15 is 0 Å². The third-order valence-electron chi connectivity index (χ3n) is 3.59. The summed E-state index contributed by atoms with van der Waals surface area (Å²) in [5.74, 6) is 0.921. The first-order chi connectivity index (χ1) is 10.0. The fourth-order valence-electron chi connectivity index (χ4n) is 2.54. The number of nitrogens with zero attached hydrogens (tertiary/aromatic N) is 2. The van der Waals surface area contributed by atoms with Crippen LogP contribution < -0.4 is 5.32 Å². The second kappa shape index (κ2) is 5.35. The van der Waals surface area contributed by atoms with Crippen LogP contribution in [0.5, 0.6) is 0 Å². The Morgan fingerprint density at radius 2 is 2.24 bits per heavy atom. The molecule has 5 nitrogen and oxygen atoms in total. The molecule has 2 heterocycles. The van der Waals surface area contributed by atoms with Crippen LogP contribution in [-0.4, -0.2) is 37.1 Å². The largest absolute Gasteiger partial charge is 0.372 e. The topological polar surface area (TPSA) is 63.5 Å². The number of hydrogen-bond donors (Lipinski definition) is 1. The van der Waals surface area contributed by atoms with Crippen molar-refractivity contribution < 1.29 is 8.42 Å². The van der Waals surface area contributed by atoms with Crippen molar-refractivity contribution in [1.29, 1.82) is 0 Å². The molecule has 21 heavy (non-hydrogen) atoms. The van der Waals surface area contributed by atoms with Crippen LogP contribution in [0, 0.1) is 0 Å². The molecule has 1 aromatic heterocycles. The molecule has 1 aliphatic rings. The summed E-state index contributed by atoms with van der Waals surface area (Å²) in [7, 11) is -3.36. The molecular weight excluding hydrogens is 310 g/mol. The van der Waals surface area contributed by atoms with Gasteiger partial charge in [-0.2, -0.15) is 0 Å². The first-order valence-electron chi connectivity index (χ1n) is 6.82. The number of amidine groups is 1. The molecule has 2 aromatic rings. The molecule has 1 aromatic carbocycles. The van der Waals surface area contributed by atoms with E-state index in [1.807, 2.05) is 0 Å². The van der Waals surface area contributed by atoms with E-state index in [1.54, 1.807) is 31.3 Å². The monoisotopic (exact) mass is 325 g/mol. The molecule has 1 N–H and O–H groups in total. The smallest absolute Gasteiger partial charge is 0.238 e. The second-order valence-corrected chi connectivity index (χ2v) is 7.46. The molecule has 0 spiro atoms. The number of hydrogen-bond acceptors (Lipinski definition) is 4. The SMILES string of the molecule is CCS(=O)(=O)n1cc(CC2=NCCN2)c2c(Cl)cccc21. The van der Waals surface area contributed by atoms with Gasteiger partial charge in [-0.3, -0.25) is 4.99 Å². The average Bonchev–Trinajstić information content (AvgIpc) is 3.08. The first-order valence-corrected chi connectivity index (χ1v) is 8.80. The summed E-state index contributed by atoms with van der Waals surface area (Å²) >= 11 is 6.29. The molecule has 0 amide bonds. The van der Waals surface area contributed by atoms with Crippen LogP contribution in [0.25, 0.3) is 10.9 Å². The molecule has 0 atom stereocenters. The van der Waals surface area contributed by atoms with E-state index in [4.69, 9.17) is 11.6 Å². The summed E-state index contributed by atoms with van der Waals surface area (Å²) in [5, 5.41) is 4.55. The Kier molecular flexibility index (Phi) is 3.67. The Morgan fingerprint density at radius 3 is 2.90 bits per heavy atom. The van der Waals surface area contributed by atoms with Gasteiger partial charge in [-0.1, -0.05) is 17.7 Å². The third kappa shape index (κ3) is 2.53. The number of benzene rings is 1. The van der Waals surface area contributed by atoms with Crippen molar-refractivity contribution in [2.45, 2.75) is 13.3 Å². The van der Waals surface area contributed by atoms with E-state index in [9.17, 15) is 8.42 Å². The van der Waals surface area contributed by atoms with Gasteiger partial charge in [0.2, 0.25) is 10.0 Å². The number of rotatable bonds is 4. The van der Waals surface area contributed by atoms with E-state index in [0.29, 0.717) is 17.0 Å². The van der Waals surface area contributed by atoms with Gasteiger partial charge in [-0.15, -0.1) is 0 Å². The van der Waals surface area contributed by atoms with Crippen molar-refractivity contribution >= 4 is 38.4 Å². The van der Waals surface area contributed by atoms with E-state index in [2.05, 4.69) is 10.3 Å². The third-order valence-corrected chi connectivity index (χ3v) is 5.54. The highest BCUT2D eigenvalue weighted by Crippen LogP contribution is 2.30. The zero-order chi connectivity index (χ0) is 15.0. The zero-order valence-electron chi connectivity index (χ0n) is 11.6. The lowest BCUT2D eigenvalue weighted by Crippen LogP contribution is -2.20. The van der Waals surface area contributed by atoms with Gasteiger partial charge in [0.15, 0.2) is 0 Å². The van der Waals surface area contributed by atoms with Gasteiger partial charge < -0.3 is 5.32 Å². The summed E-state index contributed by atoms with van der Waals surface area (Å²) in [6, 6.07) is 5.32. The fourth-order valence-corrected chi connectivity index (χ4v) is 3.85. The fraction of sp³-hybridized carbons (Fsp3) is 0.357. The Hall–Kier alpha value is -1.53. The number of fused-ring (bicyclic) bond motifs is 1. The summed E-state index contributed by atoms with van der Waals surface area (Å²) in [4.78, 5) is 4.36. The quantitative estimate of drug-likeness (QED) is 0.935. The Labute approximate surface area is 128 Å². The Balaban J connectivity index is 2.20. The van der Waals surface area contributed by atoms with Gasteiger partial charge in [0.05, 0.1) is 22.8 Å². The molecule has 0 saturated carbocycles. The highest BCUT2D eigenvalue weighted by atomic mass is 35.5. The summed E-state index contributed by atoms with van der Waals surface area (Å²) in [5.41, 5.74) is 1.50. The maximum Gasteiger partial charge on any atom is 0.238 e. The number of aliphatic imine (C=N–C) groups is 1. The summed E-state index contributed by atoms with van der Waals surface area (Å²) in [6.07, 6.45) is 2.23. The standard InChI is InChI=1S/C14H16ClN3O2S/c1-2-21(19,20)18-9-10(8-13-16-6-7-17-13)14-11(15)4-3-5-12(14)18/h3-5,9H,2,6-8H2,1H3,(H,16,17). The molecule has 0 unspecified atom stereocenters. The summed E-state index contributed by atoms with van der Waals surface area (Å²) in [6.45, 7) is 3.22. The molecule has 0 radical (unpaired) electrons. The van der Waals surface area contributed by atoms with Crippen LogP contribution in [0.1, 0.15) is 12.5 Å². The first kappa shape index (κ1) is 14.4. The van der Waals surface area contributed by atoms with Gasteiger partial charge in [-0.25, -0.2) is 12.4 Å². The summed E-state index contributed by atoms with van der Waals surface area (Å²) < 4.78 is 25.8. The van der Waals surface area contributed by atoms with Crippen molar-refractivity contribution in [3.63, 3.8) is 0 Å². The van der Waals surface area contributed by atoms with Crippen LogP contribution in [0.15, 0.2) is 29.4 Å². The Morgan fingerprint density at radius 1 is 1.43 bits per heavy atom. The van der Waals surface area contributed by atoms with Gasteiger partial charge in [0, 0.05) is 24.5 Å². The molecule has 0 fully saturated rings. The van der Waals surface area contributed by atoms with Gasteiger partial charge in [0.1, 0.15) is 5.84 Å². The number of nitrogens with one attached hydrogen (secondary N) is 1. The predicted octanol–water partition coefficient (Wildman–Crippen LogP) is 2.04. The lowest BCUT2D eigenvalue weighted by atomic mass is 10.1. The van der Waals surface area contributed by atoms with Crippen molar-refractivity contribution in [2.75, 3.05) is 18.8 Å². The molecule has 7 heteroatoms. The molecule has 0 bridgehead atoms. The van der Waals surface area contributed by atoms with Gasteiger partial charge in [-0.05, 0) is 24.6 Å². The van der Waals surface area contributed by atoms with Crippen LogP contribution in [0.2, 0.25) is 5.02 Å². The average molecular weight is 326 g/mol. The molecule has 0 aliphatic carbocycles. The zero-order valence-corrected chi connectivity index (χ0v) is 13.2. The van der Waals surface area contributed by atoms with Crippen molar-refractivity contribution in [2.24, 2.45) is 4.99 Å². The highest BCUT2D eigenvalue weighted by molar-refractivity contribution is 7.90. The lowest BCUT2D eigenvalue weighted by molar-refractivity contribution is 0.590. The van der Waals surface area contributed by atoms with Gasteiger partial charge in [0.25, 0.3) is 0 Å². The van der Waals surface area contributed by atoms with E-state index in [1.165, 1.54) is 3.97 Å². The van der Waals surface area contributed by atoms with Gasteiger partial charge >= 0.3 is 0 Å². The van der Waals surface area contributed by atoms with Crippen LogP contribution in [-0.2, 0) is 16.4 Å². The maximum atomic E-state index is 12.3. The van der Waals surface area contributed by atoms with Crippen LogP contribution in [0.3, 0.4) is 0 Å². The molecule has 1 aliphatic heterocycles. The number of aromatic nitrogens is 1. The van der Waals surface area contributed by atoms with Crippen LogP contribution >= 0.6 is 11.6 Å². The number of halogens is 1. The van der Waals surface area contributed by atoms with Crippen LogP contribution in [0.4, 0.5) is 0 Å². The van der Waals surface area contributed by atoms with E-state index in [0.717, 1.165) is 29.9 Å². The molecule has 112 valence electrons. The van der Waals surface area contributed by atoms with Crippen molar-refractivity contribution in [1.82, 2.24) is 9.29 Å². The predicted molar refractivity (Wildman–Crippen MR) is 85.8 cm³/mol. The molecule has 3 rings (SSSR count). The molecular formula is C14H16ClN3O2S. The maximum absolute atomic E-state index is 12.3. The van der Waals surface area contributed by atoms with Crippen molar-refractivity contribution in [3.8, 4) is 0 Å². The lowest BCUT2D eigenvalue weighted by Gasteiger charge is -2.04. The minimum Gasteiger partial charge on any atom is -0.372 e. The normalized spacial score (nSPS) is 15.2. The van der Waals surface area contributed by atoms with E-state index in [-0.39, 0.29) is 5.75 Å². The minimum absolute atomic E-state index is 0.0436.